The molecule has 0 radical (unpaired) electrons. The Morgan fingerprint density at radius 1 is 0.519 bits per heavy atom. The summed E-state index contributed by atoms with van der Waals surface area (Å²) in [5, 5.41) is 3.56. The molecule has 0 atom stereocenters. The minimum atomic E-state index is 0.325. The average molecular weight is 615 g/mol. The van der Waals surface area contributed by atoms with Gasteiger partial charge in [-0.2, -0.15) is 0 Å². The summed E-state index contributed by atoms with van der Waals surface area (Å²) in [7, 11) is 0. The quantitative estimate of drug-likeness (QED) is 0.201. The van der Waals surface area contributed by atoms with E-state index in [1.165, 1.54) is 55.6 Å². The molecule has 0 amide bonds. The molecule has 3 aliphatic carbocycles. The van der Waals surface area contributed by atoms with Gasteiger partial charge in [-0.1, -0.05) is 88.0 Å². The predicted octanol–water partition coefficient (Wildman–Crippen LogP) is 7.58. The van der Waals surface area contributed by atoms with Crippen LogP contribution in [0, 0.1) is 0 Å². The zero-order valence-electron chi connectivity index (χ0n) is 14.5. The van der Waals surface area contributed by atoms with Gasteiger partial charge in [-0.15, -0.1) is 0 Å². The highest BCUT2D eigenvalue weighted by molar-refractivity contribution is 9.09. The van der Waals surface area contributed by atoms with Crippen molar-refractivity contribution < 1.29 is 0 Å². The van der Waals surface area contributed by atoms with Crippen molar-refractivity contribution in [3.8, 4) is 0 Å². The number of alkyl halides is 4. The largest absolute Gasteiger partial charge is 0.367 e. The van der Waals surface area contributed by atoms with Crippen molar-refractivity contribution in [2.24, 2.45) is 0 Å². The number of halogens is 4. The van der Waals surface area contributed by atoms with E-state index in [2.05, 4.69) is 105 Å². The summed E-state index contributed by atoms with van der Waals surface area (Å²) in [5.41, 5.74) is 14.3. The van der Waals surface area contributed by atoms with Gasteiger partial charge in [0.1, 0.15) is 0 Å². The lowest BCUT2D eigenvalue weighted by Crippen LogP contribution is -2.27. The molecule has 1 nitrogen and oxygen atoms in total. The van der Waals surface area contributed by atoms with E-state index in [0.29, 0.717) is 11.8 Å². The summed E-state index contributed by atoms with van der Waals surface area (Å²) < 4.78 is 0. The summed E-state index contributed by atoms with van der Waals surface area (Å²) in [6.45, 7) is 0. The fraction of sp³-hybridized carbons (Fsp3) is 0.273. The Balaban J connectivity index is 1.82. The van der Waals surface area contributed by atoms with Crippen LogP contribution in [0.25, 0.3) is 0 Å². The molecular weight excluding hydrogens is 598 g/mol. The maximum Gasteiger partial charge on any atom is 0.0364 e. The number of hydrogen-bond acceptors (Lipinski definition) is 0. The van der Waals surface area contributed by atoms with E-state index >= 15 is 0 Å². The van der Waals surface area contributed by atoms with Crippen molar-refractivity contribution in [2.75, 3.05) is 0 Å². The van der Waals surface area contributed by atoms with Crippen LogP contribution in [0.4, 0.5) is 0 Å². The summed E-state index contributed by atoms with van der Waals surface area (Å²) in [6, 6.07) is 9.74. The highest BCUT2D eigenvalue weighted by Crippen LogP contribution is 2.56. The lowest BCUT2D eigenvalue weighted by molar-refractivity contribution is 0.755. The Morgan fingerprint density at radius 3 is 1.07 bits per heavy atom. The van der Waals surface area contributed by atoms with E-state index in [-0.39, 0.29) is 0 Å². The molecule has 1 N–H and O–H groups in total. The first-order chi connectivity index (χ1) is 13.2. The van der Waals surface area contributed by atoms with Crippen molar-refractivity contribution in [1.82, 2.24) is 4.98 Å². The molecule has 5 heteroatoms. The smallest absolute Gasteiger partial charge is 0.0364 e. The number of rotatable bonds is 4. The van der Waals surface area contributed by atoms with E-state index in [0.717, 1.165) is 21.3 Å². The third kappa shape index (κ3) is 2.64. The summed E-state index contributed by atoms with van der Waals surface area (Å²) in [4.78, 5) is 3.39. The molecule has 0 spiro atoms. The molecule has 6 rings (SSSR count). The van der Waals surface area contributed by atoms with Gasteiger partial charge >= 0.3 is 0 Å². The molecule has 27 heavy (non-hydrogen) atoms. The Hall–Kier alpha value is -0.360. The molecule has 2 bridgehead atoms. The van der Waals surface area contributed by atoms with Gasteiger partial charge < -0.3 is 4.98 Å². The predicted molar refractivity (Wildman–Crippen MR) is 126 cm³/mol. The monoisotopic (exact) mass is 611 g/mol. The van der Waals surface area contributed by atoms with Gasteiger partial charge in [0.05, 0.1) is 0 Å². The minimum absolute atomic E-state index is 0.325. The van der Waals surface area contributed by atoms with Gasteiger partial charge in [0, 0.05) is 45.5 Å². The molecule has 2 aromatic carbocycles. The molecule has 1 heterocycles. The molecule has 1 aromatic heterocycles. The number of aromatic nitrogens is 1. The number of nitrogens with one attached hydrogen (secondary N) is 1. The van der Waals surface area contributed by atoms with Crippen LogP contribution in [0.2, 0.25) is 0 Å². The van der Waals surface area contributed by atoms with Crippen LogP contribution >= 0.6 is 63.7 Å². The molecule has 3 aliphatic rings. The topological polar surface area (TPSA) is 15.8 Å². The zero-order chi connectivity index (χ0) is 18.7. The highest BCUT2D eigenvalue weighted by Gasteiger charge is 2.42. The molecule has 3 aromatic rings. The third-order valence-corrected chi connectivity index (χ3v) is 8.48. The molecule has 0 unspecified atom stereocenters. The first kappa shape index (κ1) is 18.7. The van der Waals surface area contributed by atoms with Crippen molar-refractivity contribution in [1.29, 1.82) is 0 Å². The van der Waals surface area contributed by atoms with Crippen LogP contribution in [0.3, 0.4) is 0 Å². The number of aromatic amines is 1. The van der Waals surface area contributed by atoms with Gasteiger partial charge in [-0.3, -0.25) is 0 Å². The molecule has 0 fully saturated rings. The van der Waals surface area contributed by atoms with Crippen LogP contribution in [0.15, 0.2) is 36.7 Å². The first-order valence-electron chi connectivity index (χ1n) is 8.93. The average Bonchev–Trinajstić information content (AvgIpc) is 3.21. The Bertz CT molecular complexity index is 909. The standard InChI is InChI=1S/C22H17Br4N/c23-5-11-1-15-16(2-12(11)6-24)22-18-4-14(8-26)13(7-25)3-17(18)21(15)19-9-27-10-20(19)22/h1-4,9-10,21-22,27H,5-8H2. The molecular formula is C22H17Br4N. The SMILES string of the molecule is BrCc1cc2c(cc1CBr)C1c3c[nH]cc3C2c2cc(CBr)c(CBr)cc21. The third-order valence-electron chi connectivity index (χ3n) is 6.06. The fourth-order valence-corrected chi connectivity index (χ4v) is 6.93. The van der Waals surface area contributed by atoms with Crippen LogP contribution < -0.4 is 0 Å². The van der Waals surface area contributed by atoms with E-state index in [4.69, 9.17) is 0 Å². The molecule has 0 aliphatic heterocycles. The van der Waals surface area contributed by atoms with E-state index in [9.17, 15) is 0 Å². The number of hydrogen-bond donors (Lipinski definition) is 1. The number of benzene rings is 2. The van der Waals surface area contributed by atoms with Crippen molar-refractivity contribution in [3.63, 3.8) is 0 Å². The minimum Gasteiger partial charge on any atom is -0.367 e. The van der Waals surface area contributed by atoms with Crippen LogP contribution in [-0.2, 0) is 21.3 Å². The fourth-order valence-electron chi connectivity index (χ4n) is 4.85. The van der Waals surface area contributed by atoms with Gasteiger partial charge in [0.2, 0.25) is 0 Å². The van der Waals surface area contributed by atoms with Gasteiger partial charge in [0.25, 0.3) is 0 Å². The maximum atomic E-state index is 3.69. The van der Waals surface area contributed by atoms with Crippen LogP contribution in [0.5, 0.6) is 0 Å². The lowest BCUT2D eigenvalue weighted by atomic mass is 9.61. The van der Waals surface area contributed by atoms with Gasteiger partial charge in [-0.25, -0.2) is 0 Å². The Kier molecular flexibility index (Phi) is 4.94. The van der Waals surface area contributed by atoms with Crippen LogP contribution in [-0.4, -0.2) is 4.98 Å². The highest BCUT2D eigenvalue weighted by atomic mass is 79.9. The first-order valence-corrected chi connectivity index (χ1v) is 13.4. The zero-order valence-corrected chi connectivity index (χ0v) is 20.8. The second kappa shape index (κ2) is 7.16. The van der Waals surface area contributed by atoms with E-state index in [1.807, 2.05) is 0 Å². The molecule has 0 saturated carbocycles. The van der Waals surface area contributed by atoms with Crippen LogP contribution in [0.1, 0.15) is 67.5 Å². The summed E-state index contributed by atoms with van der Waals surface area (Å²) in [6.07, 6.45) is 4.41. The van der Waals surface area contributed by atoms with Crippen molar-refractivity contribution in [3.05, 3.63) is 92.3 Å². The molecule has 138 valence electrons. The normalized spacial score (nSPS) is 19.0. The maximum absolute atomic E-state index is 3.69. The summed E-state index contributed by atoms with van der Waals surface area (Å²) >= 11 is 14.8. The second-order valence-corrected chi connectivity index (χ2v) is 9.51. The number of H-pyrrole nitrogens is 1. The molecule has 0 saturated heterocycles. The van der Waals surface area contributed by atoms with E-state index in [1.54, 1.807) is 0 Å². The Morgan fingerprint density at radius 2 is 0.815 bits per heavy atom. The Labute approximate surface area is 192 Å². The van der Waals surface area contributed by atoms with Gasteiger partial charge in [-0.05, 0) is 55.6 Å². The summed E-state index contributed by atoms with van der Waals surface area (Å²) in [5.74, 6) is 0.649. The second-order valence-electron chi connectivity index (χ2n) is 7.27. The van der Waals surface area contributed by atoms with Gasteiger partial charge in [0.15, 0.2) is 0 Å². The van der Waals surface area contributed by atoms with E-state index < -0.39 is 0 Å². The lowest BCUT2D eigenvalue weighted by Gasteiger charge is -2.41. The van der Waals surface area contributed by atoms with Crippen molar-refractivity contribution >= 4 is 63.7 Å². The van der Waals surface area contributed by atoms with Crippen molar-refractivity contribution in [2.45, 2.75) is 33.2 Å².